The van der Waals surface area contributed by atoms with Crippen molar-refractivity contribution in [2.24, 2.45) is 0 Å². The molecule has 0 spiro atoms. The molecule has 0 heterocycles. The van der Waals surface area contributed by atoms with Crippen LogP contribution in [-0.2, 0) is 0 Å². The third-order valence-corrected chi connectivity index (χ3v) is 1.09. The number of allylic oxidation sites excluding steroid dienone is 6. The van der Waals surface area contributed by atoms with Gasteiger partial charge in [-0.1, -0.05) is 69.2 Å². The highest BCUT2D eigenvalue weighted by atomic mass is 13.8. The molecule has 0 unspecified atom stereocenters. The van der Waals surface area contributed by atoms with Crippen molar-refractivity contribution in [3.8, 4) is 0 Å². The zero-order valence-corrected chi connectivity index (χ0v) is 7.92. The standard InChI is InChI=1S/C8H12.C4H6/c1-4-6-7-8(3)5-2;1-3-4-2/h4,6-7H,1,3,5H2,2H3;3-4H,1-2H2. The zero-order valence-electron chi connectivity index (χ0n) is 7.92. The minimum Gasteiger partial charge on any atom is -0.0991 e. The first-order valence-electron chi connectivity index (χ1n) is 3.93. The number of rotatable bonds is 4. The highest BCUT2D eigenvalue weighted by Crippen LogP contribution is 1.96. The fourth-order valence-corrected chi connectivity index (χ4v) is 0.322. The van der Waals surface area contributed by atoms with Crippen molar-refractivity contribution in [3.05, 3.63) is 62.3 Å². The average molecular weight is 162 g/mol. The van der Waals surface area contributed by atoms with Crippen LogP contribution in [0.15, 0.2) is 62.3 Å². The van der Waals surface area contributed by atoms with E-state index in [1.165, 1.54) is 0 Å². The second-order valence-electron chi connectivity index (χ2n) is 2.08. The van der Waals surface area contributed by atoms with E-state index in [9.17, 15) is 0 Å². The molecule has 0 saturated heterocycles. The third kappa shape index (κ3) is 15.9. The van der Waals surface area contributed by atoms with Crippen molar-refractivity contribution in [1.82, 2.24) is 0 Å². The van der Waals surface area contributed by atoms with Gasteiger partial charge in [0.05, 0.1) is 0 Å². The highest BCUT2D eigenvalue weighted by molar-refractivity contribution is 5.17. The average Bonchev–Trinajstić information content (AvgIpc) is 2.14. The van der Waals surface area contributed by atoms with Crippen molar-refractivity contribution >= 4 is 0 Å². The van der Waals surface area contributed by atoms with E-state index in [-0.39, 0.29) is 0 Å². The van der Waals surface area contributed by atoms with Gasteiger partial charge in [0.1, 0.15) is 0 Å². The van der Waals surface area contributed by atoms with Crippen LogP contribution in [0.2, 0.25) is 0 Å². The van der Waals surface area contributed by atoms with E-state index in [0.29, 0.717) is 0 Å². The van der Waals surface area contributed by atoms with Gasteiger partial charge in [-0.3, -0.25) is 0 Å². The predicted octanol–water partition coefficient (Wildman–Crippen LogP) is 4.05. The first-order valence-corrected chi connectivity index (χ1v) is 3.93. The second-order valence-corrected chi connectivity index (χ2v) is 2.08. The Hall–Kier alpha value is -1.30. The lowest BCUT2D eigenvalue weighted by atomic mass is 10.2. The summed E-state index contributed by atoms with van der Waals surface area (Å²) in [6.07, 6.45) is 9.91. The Morgan fingerprint density at radius 3 is 1.83 bits per heavy atom. The van der Waals surface area contributed by atoms with E-state index in [1.54, 1.807) is 18.2 Å². The smallest absolute Gasteiger partial charge is 0.0313 e. The lowest BCUT2D eigenvalue weighted by Crippen LogP contribution is -1.65. The molecule has 12 heavy (non-hydrogen) atoms. The lowest BCUT2D eigenvalue weighted by Gasteiger charge is -1.86. The predicted molar refractivity (Wildman–Crippen MR) is 59.2 cm³/mol. The van der Waals surface area contributed by atoms with Crippen molar-refractivity contribution < 1.29 is 0 Å². The van der Waals surface area contributed by atoms with E-state index in [4.69, 9.17) is 0 Å². The Kier molecular flexibility index (Phi) is 13.7. The molecule has 0 aromatic rings. The second kappa shape index (κ2) is 12.4. The summed E-state index contributed by atoms with van der Waals surface area (Å²) in [5, 5.41) is 0. The van der Waals surface area contributed by atoms with Gasteiger partial charge in [-0.15, -0.1) is 0 Å². The largest absolute Gasteiger partial charge is 0.0991 e. The monoisotopic (exact) mass is 162 g/mol. The van der Waals surface area contributed by atoms with Crippen molar-refractivity contribution in [2.45, 2.75) is 13.3 Å². The summed E-state index contributed by atoms with van der Waals surface area (Å²) in [6, 6.07) is 0. The molecule has 0 N–H and O–H groups in total. The van der Waals surface area contributed by atoms with Crippen LogP contribution in [0.25, 0.3) is 0 Å². The van der Waals surface area contributed by atoms with Crippen molar-refractivity contribution in [3.63, 3.8) is 0 Å². The van der Waals surface area contributed by atoms with Crippen LogP contribution in [0.3, 0.4) is 0 Å². The summed E-state index contributed by atoms with van der Waals surface area (Å²) in [4.78, 5) is 0. The van der Waals surface area contributed by atoms with Crippen LogP contribution < -0.4 is 0 Å². The maximum absolute atomic E-state index is 3.78. The molecule has 0 nitrogen and oxygen atoms in total. The molecule has 0 atom stereocenters. The van der Waals surface area contributed by atoms with Gasteiger partial charge in [0.15, 0.2) is 0 Å². The van der Waals surface area contributed by atoms with E-state index in [1.807, 2.05) is 12.2 Å². The van der Waals surface area contributed by atoms with Gasteiger partial charge in [-0.05, 0) is 6.42 Å². The minimum absolute atomic E-state index is 1.02. The molecule has 0 fully saturated rings. The molecule has 66 valence electrons. The quantitative estimate of drug-likeness (QED) is 0.547. The number of hydrogen-bond acceptors (Lipinski definition) is 0. The molecular formula is C12H18. The van der Waals surface area contributed by atoms with Gasteiger partial charge in [-0.2, -0.15) is 0 Å². The highest BCUT2D eigenvalue weighted by Gasteiger charge is 1.75. The Morgan fingerprint density at radius 2 is 1.58 bits per heavy atom. The van der Waals surface area contributed by atoms with Gasteiger partial charge < -0.3 is 0 Å². The molecule has 0 rings (SSSR count). The SMILES string of the molecule is C=CC=C.C=CC=CC(=C)CC. The van der Waals surface area contributed by atoms with Gasteiger partial charge in [0.2, 0.25) is 0 Å². The molecule has 0 aromatic carbocycles. The van der Waals surface area contributed by atoms with Crippen LogP contribution >= 0.6 is 0 Å². The van der Waals surface area contributed by atoms with Crippen LogP contribution in [0.4, 0.5) is 0 Å². The molecule has 0 aliphatic heterocycles. The number of hydrogen-bond donors (Lipinski definition) is 0. The van der Waals surface area contributed by atoms with E-state index in [2.05, 4.69) is 33.2 Å². The van der Waals surface area contributed by atoms with Crippen LogP contribution in [-0.4, -0.2) is 0 Å². The third-order valence-electron chi connectivity index (χ3n) is 1.09. The summed E-state index contributed by atoms with van der Waals surface area (Å²) < 4.78 is 0. The van der Waals surface area contributed by atoms with Crippen LogP contribution in [0.1, 0.15) is 13.3 Å². The topological polar surface area (TPSA) is 0 Å². The van der Waals surface area contributed by atoms with Gasteiger partial charge in [-0.25, -0.2) is 0 Å². The lowest BCUT2D eigenvalue weighted by molar-refractivity contribution is 1.16. The Bertz CT molecular complexity index is 164. The summed E-state index contributed by atoms with van der Waals surface area (Å²) in [5.74, 6) is 0. The molecule has 0 saturated carbocycles. The normalized spacial score (nSPS) is 8.08. The molecule has 0 heteroatoms. The Labute approximate surface area is 76.3 Å². The minimum atomic E-state index is 1.02. The summed E-state index contributed by atoms with van der Waals surface area (Å²) in [5.41, 5.74) is 1.14. The summed E-state index contributed by atoms with van der Waals surface area (Å²) >= 11 is 0. The van der Waals surface area contributed by atoms with Crippen molar-refractivity contribution in [1.29, 1.82) is 0 Å². The van der Waals surface area contributed by atoms with E-state index >= 15 is 0 Å². The summed E-state index contributed by atoms with van der Waals surface area (Å²) in [7, 11) is 0. The Morgan fingerprint density at radius 1 is 1.08 bits per heavy atom. The zero-order chi connectivity index (χ0) is 9.82. The van der Waals surface area contributed by atoms with Gasteiger partial charge in [0.25, 0.3) is 0 Å². The van der Waals surface area contributed by atoms with Gasteiger partial charge in [0, 0.05) is 0 Å². The van der Waals surface area contributed by atoms with E-state index < -0.39 is 0 Å². The molecular weight excluding hydrogens is 144 g/mol. The molecule has 0 radical (unpaired) electrons. The molecule has 0 amide bonds. The first-order chi connectivity index (χ1) is 5.72. The van der Waals surface area contributed by atoms with Crippen molar-refractivity contribution in [2.75, 3.05) is 0 Å². The molecule has 0 bridgehead atoms. The van der Waals surface area contributed by atoms with Crippen LogP contribution in [0.5, 0.6) is 0 Å². The van der Waals surface area contributed by atoms with Gasteiger partial charge >= 0.3 is 0 Å². The Balaban J connectivity index is 0. The summed E-state index contributed by atoms with van der Waals surface area (Å²) in [6.45, 7) is 16.1. The molecule has 0 aliphatic carbocycles. The fourth-order valence-electron chi connectivity index (χ4n) is 0.322. The maximum Gasteiger partial charge on any atom is -0.0313 e. The fraction of sp³-hybridized carbons (Fsp3) is 0.167. The molecule has 0 aliphatic rings. The first kappa shape index (κ1) is 13.3. The maximum atomic E-state index is 3.78. The van der Waals surface area contributed by atoms with E-state index in [0.717, 1.165) is 12.0 Å². The molecule has 0 aromatic heterocycles. The van der Waals surface area contributed by atoms with Crippen LogP contribution in [0, 0.1) is 0 Å².